The standard InChI is InChI=1S/C21H21FN2O4S/c1-29(26,27)24(19-9-7-18(22)8-10-19)15-21(25)23-12-13-28-20-11-6-16-4-2-3-5-17(16)14-20/h2-11,14H,12-13,15H2,1H3,(H,23,25). The number of carbonyl (C=O) groups is 1. The molecule has 152 valence electrons. The first-order valence-corrected chi connectivity index (χ1v) is 10.8. The molecule has 0 atom stereocenters. The van der Waals surface area contributed by atoms with Crippen LogP contribution in [0.2, 0.25) is 0 Å². The molecule has 6 nitrogen and oxygen atoms in total. The van der Waals surface area contributed by atoms with Gasteiger partial charge in [0.05, 0.1) is 18.5 Å². The molecule has 3 aromatic rings. The predicted octanol–water partition coefficient (Wildman–Crippen LogP) is 2.94. The zero-order chi connectivity index (χ0) is 20.9. The van der Waals surface area contributed by atoms with Crippen molar-refractivity contribution in [2.45, 2.75) is 0 Å². The molecule has 0 radical (unpaired) electrons. The Morgan fingerprint density at radius 3 is 2.41 bits per heavy atom. The molecule has 0 aliphatic rings. The Bertz CT molecular complexity index is 1100. The highest BCUT2D eigenvalue weighted by molar-refractivity contribution is 7.92. The van der Waals surface area contributed by atoms with Crippen molar-refractivity contribution in [2.24, 2.45) is 0 Å². The Balaban J connectivity index is 1.53. The molecule has 0 aromatic heterocycles. The lowest BCUT2D eigenvalue weighted by atomic mass is 10.1. The van der Waals surface area contributed by atoms with Crippen molar-refractivity contribution in [2.75, 3.05) is 30.3 Å². The van der Waals surface area contributed by atoms with E-state index in [0.29, 0.717) is 5.75 Å². The van der Waals surface area contributed by atoms with E-state index < -0.39 is 28.3 Å². The van der Waals surface area contributed by atoms with Gasteiger partial charge in [0.25, 0.3) is 0 Å². The van der Waals surface area contributed by atoms with Crippen molar-refractivity contribution >= 4 is 32.4 Å². The smallest absolute Gasteiger partial charge is 0.240 e. The van der Waals surface area contributed by atoms with E-state index in [1.165, 1.54) is 12.1 Å². The monoisotopic (exact) mass is 416 g/mol. The highest BCUT2D eigenvalue weighted by atomic mass is 32.2. The lowest BCUT2D eigenvalue weighted by molar-refractivity contribution is -0.119. The largest absolute Gasteiger partial charge is 0.492 e. The molecular formula is C21H21FN2O4S. The molecule has 0 bridgehead atoms. The van der Waals surface area contributed by atoms with Crippen LogP contribution in [0.4, 0.5) is 10.1 Å². The van der Waals surface area contributed by atoms with Crippen molar-refractivity contribution < 1.29 is 22.3 Å². The van der Waals surface area contributed by atoms with Gasteiger partial charge in [-0.15, -0.1) is 0 Å². The molecule has 1 N–H and O–H groups in total. The van der Waals surface area contributed by atoms with Crippen molar-refractivity contribution in [3.05, 3.63) is 72.5 Å². The molecule has 3 rings (SSSR count). The summed E-state index contributed by atoms with van der Waals surface area (Å²) in [4.78, 5) is 12.2. The Kier molecular flexibility index (Phi) is 6.33. The number of hydrogen-bond acceptors (Lipinski definition) is 4. The first kappa shape index (κ1) is 20.6. The maximum atomic E-state index is 13.1. The summed E-state index contributed by atoms with van der Waals surface area (Å²) < 4.78 is 43.7. The number of hydrogen-bond donors (Lipinski definition) is 1. The second kappa shape index (κ2) is 8.91. The average Bonchev–Trinajstić information content (AvgIpc) is 2.69. The molecule has 8 heteroatoms. The van der Waals surface area contributed by atoms with Crippen LogP contribution < -0.4 is 14.4 Å². The number of amides is 1. The quantitative estimate of drug-likeness (QED) is 0.573. The maximum Gasteiger partial charge on any atom is 0.240 e. The molecule has 0 saturated heterocycles. The average molecular weight is 416 g/mol. The van der Waals surface area contributed by atoms with Gasteiger partial charge >= 0.3 is 0 Å². The summed E-state index contributed by atoms with van der Waals surface area (Å²) in [7, 11) is -3.70. The third-order valence-corrected chi connectivity index (χ3v) is 5.36. The van der Waals surface area contributed by atoms with Crippen molar-refractivity contribution in [3.8, 4) is 5.75 Å². The van der Waals surface area contributed by atoms with Crippen LogP contribution in [-0.4, -0.2) is 40.3 Å². The van der Waals surface area contributed by atoms with Crippen molar-refractivity contribution in [1.82, 2.24) is 5.32 Å². The van der Waals surface area contributed by atoms with Crippen LogP contribution in [-0.2, 0) is 14.8 Å². The third kappa shape index (κ3) is 5.68. The molecule has 3 aromatic carbocycles. The van der Waals surface area contributed by atoms with Gasteiger partial charge < -0.3 is 10.1 Å². The number of anilines is 1. The molecule has 0 saturated carbocycles. The lowest BCUT2D eigenvalue weighted by Gasteiger charge is -2.21. The predicted molar refractivity (Wildman–Crippen MR) is 111 cm³/mol. The van der Waals surface area contributed by atoms with E-state index in [1.54, 1.807) is 0 Å². The number of nitrogens with zero attached hydrogens (tertiary/aromatic N) is 1. The van der Waals surface area contributed by atoms with Crippen LogP contribution in [0.25, 0.3) is 10.8 Å². The topological polar surface area (TPSA) is 75.7 Å². The van der Waals surface area contributed by atoms with E-state index in [2.05, 4.69) is 5.32 Å². The fraction of sp³-hybridized carbons (Fsp3) is 0.190. The van der Waals surface area contributed by atoms with Crippen molar-refractivity contribution in [1.29, 1.82) is 0 Å². The van der Waals surface area contributed by atoms with Gasteiger partial charge in [-0.25, -0.2) is 12.8 Å². The Morgan fingerprint density at radius 2 is 1.72 bits per heavy atom. The molecule has 0 unspecified atom stereocenters. The summed E-state index contributed by atoms with van der Waals surface area (Å²) >= 11 is 0. The van der Waals surface area contributed by atoms with Crippen LogP contribution in [0.5, 0.6) is 5.75 Å². The van der Waals surface area contributed by atoms with E-state index >= 15 is 0 Å². The van der Waals surface area contributed by atoms with Gasteiger partial charge in [0, 0.05) is 0 Å². The fourth-order valence-corrected chi connectivity index (χ4v) is 3.67. The summed E-state index contributed by atoms with van der Waals surface area (Å²) in [6.45, 7) is 0.0482. The highest BCUT2D eigenvalue weighted by Crippen LogP contribution is 2.20. The number of sulfonamides is 1. The van der Waals surface area contributed by atoms with E-state index in [-0.39, 0.29) is 18.8 Å². The number of nitrogens with one attached hydrogen (secondary N) is 1. The minimum Gasteiger partial charge on any atom is -0.492 e. The number of rotatable bonds is 8. The first-order chi connectivity index (χ1) is 13.8. The molecule has 0 aliphatic heterocycles. The second-order valence-electron chi connectivity index (χ2n) is 6.45. The van der Waals surface area contributed by atoms with Crippen LogP contribution in [0, 0.1) is 5.82 Å². The minimum atomic E-state index is -3.70. The van der Waals surface area contributed by atoms with E-state index in [0.717, 1.165) is 33.5 Å². The van der Waals surface area contributed by atoms with Crippen LogP contribution in [0.15, 0.2) is 66.7 Å². The van der Waals surface area contributed by atoms with Crippen LogP contribution in [0.3, 0.4) is 0 Å². The number of benzene rings is 3. The van der Waals surface area contributed by atoms with E-state index in [9.17, 15) is 17.6 Å². The van der Waals surface area contributed by atoms with Crippen molar-refractivity contribution in [3.63, 3.8) is 0 Å². The summed E-state index contributed by atoms with van der Waals surface area (Å²) in [5, 5.41) is 4.79. The van der Waals surface area contributed by atoms with Gasteiger partial charge in [-0.05, 0) is 47.2 Å². The van der Waals surface area contributed by atoms with Gasteiger partial charge in [-0.1, -0.05) is 30.3 Å². The maximum absolute atomic E-state index is 13.1. The van der Waals surface area contributed by atoms with E-state index in [4.69, 9.17) is 4.74 Å². The summed E-state index contributed by atoms with van der Waals surface area (Å²) in [5.74, 6) is -0.290. The fourth-order valence-electron chi connectivity index (χ4n) is 2.81. The molecule has 0 fully saturated rings. The van der Waals surface area contributed by atoms with Crippen LogP contribution >= 0.6 is 0 Å². The van der Waals surface area contributed by atoms with E-state index in [1.807, 2.05) is 42.5 Å². The molecule has 0 heterocycles. The Morgan fingerprint density at radius 1 is 1.03 bits per heavy atom. The first-order valence-electron chi connectivity index (χ1n) is 8.94. The van der Waals surface area contributed by atoms with Crippen LogP contribution in [0.1, 0.15) is 0 Å². The number of halogens is 1. The molecule has 0 spiro atoms. The summed E-state index contributed by atoms with van der Waals surface area (Å²) in [6, 6.07) is 18.5. The molecule has 0 aliphatic carbocycles. The third-order valence-electron chi connectivity index (χ3n) is 4.22. The zero-order valence-corrected chi connectivity index (χ0v) is 16.7. The van der Waals surface area contributed by atoms with Gasteiger partial charge in [0.1, 0.15) is 24.7 Å². The van der Waals surface area contributed by atoms with Gasteiger partial charge in [-0.3, -0.25) is 9.10 Å². The highest BCUT2D eigenvalue weighted by Gasteiger charge is 2.20. The normalized spacial score (nSPS) is 11.2. The minimum absolute atomic E-state index is 0.215. The molecule has 29 heavy (non-hydrogen) atoms. The van der Waals surface area contributed by atoms with Gasteiger partial charge in [0.2, 0.25) is 15.9 Å². The Hall–Kier alpha value is -3.13. The number of carbonyl (C=O) groups excluding carboxylic acids is 1. The number of ether oxygens (including phenoxy) is 1. The summed E-state index contributed by atoms with van der Waals surface area (Å²) in [5.41, 5.74) is 0.219. The molecular weight excluding hydrogens is 395 g/mol. The second-order valence-corrected chi connectivity index (χ2v) is 8.36. The Labute approximate surface area is 169 Å². The number of fused-ring (bicyclic) bond motifs is 1. The SMILES string of the molecule is CS(=O)(=O)N(CC(=O)NCCOc1ccc2ccccc2c1)c1ccc(F)cc1. The zero-order valence-electron chi connectivity index (χ0n) is 15.8. The lowest BCUT2D eigenvalue weighted by Crippen LogP contribution is -2.41. The summed E-state index contributed by atoms with van der Waals surface area (Å²) in [6.07, 6.45) is 0.993. The van der Waals surface area contributed by atoms with Gasteiger partial charge in [0.15, 0.2) is 0 Å². The molecule has 1 amide bonds. The van der Waals surface area contributed by atoms with Gasteiger partial charge in [-0.2, -0.15) is 0 Å².